The lowest BCUT2D eigenvalue weighted by Crippen LogP contribution is -2.12. The summed E-state index contributed by atoms with van der Waals surface area (Å²) in [5.41, 5.74) is 4.14. The Labute approximate surface area is 88.7 Å². The first kappa shape index (κ1) is 11.8. The number of hydrogen-bond donors (Lipinski definition) is 2. The largest absolute Gasteiger partial charge is 0.478 e. The van der Waals surface area contributed by atoms with Crippen molar-refractivity contribution < 1.29 is 18.7 Å². The van der Waals surface area contributed by atoms with Gasteiger partial charge in [0.1, 0.15) is 11.3 Å². The summed E-state index contributed by atoms with van der Waals surface area (Å²) >= 11 is 5.54. The molecule has 3 N–H and O–H groups in total. The van der Waals surface area contributed by atoms with Gasteiger partial charge in [-0.3, -0.25) is 0 Å². The van der Waals surface area contributed by atoms with Crippen molar-refractivity contribution in [2.24, 2.45) is 5.73 Å². The van der Waals surface area contributed by atoms with E-state index < -0.39 is 18.1 Å². The summed E-state index contributed by atoms with van der Waals surface area (Å²) in [5, 5.41) is 8.46. The molecule has 0 amide bonds. The minimum absolute atomic E-state index is 0.148. The molecule has 0 atom stereocenters. The molecule has 0 unspecified atom stereocenters. The molecule has 0 aliphatic rings. The molecule has 0 fully saturated rings. The Bertz CT molecular complexity index is 398. The number of hydrogen-bond acceptors (Lipinski definition) is 3. The van der Waals surface area contributed by atoms with Crippen molar-refractivity contribution >= 4 is 17.6 Å². The van der Waals surface area contributed by atoms with Crippen LogP contribution in [0.5, 0.6) is 0 Å². The Morgan fingerprint density at radius 1 is 1.67 bits per heavy atom. The van der Waals surface area contributed by atoms with Crippen LogP contribution in [0.1, 0.15) is 28.2 Å². The third kappa shape index (κ3) is 2.40. The van der Waals surface area contributed by atoms with E-state index in [0.717, 1.165) is 6.07 Å². The number of carbonyl (C=O) groups is 1. The van der Waals surface area contributed by atoms with Gasteiger partial charge in [0.05, 0.1) is 10.7 Å². The number of pyridine rings is 1. The van der Waals surface area contributed by atoms with Crippen LogP contribution < -0.4 is 5.73 Å². The number of carboxylic acid groups (broad SMARTS) is 1. The Balaban J connectivity index is 3.37. The van der Waals surface area contributed by atoms with Gasteiger partial charge in [-0.1, -0.05) is 11.6 Å². The fourth-order valence-corrected chi connectivity index (χ4v) is 1.37. The Morgan fingerprint density at radius 2 is 2.27 bits per heavy atom. The van der Waals surface area contributed by atoms with E-state index in [0.29, 0.717) is 0 Å². The van der Waals surface area contributed by atoms with E-state index in [9.17, 15) is 13.6 Å². The zero-order chi connectivity index (χ0) is 11.6. The summed E-state index contributed by atoms with van der Waals surface area (Å²) in [6, 6.07) is 0.828. The average Bonchev–Trinajstić information content (AvgIpc) is 2.15. The highest BCUT2D eigenvalue weighted by molar-refractivity contribution is 6.33. The van der Waals surface area contributed by atoms with Crippen LogP contribution >= 0.6 is 11.6 Å². The van der Waals surface area contributed by atoms with E-state index in [-0.39, 0.29) is 22.8 Å². The monoisotopic (exact) mass is 236 g/mol. The molecule has 1 aromatic rings. The van der Waals surface area contributed by atoms with Crippen LogP contribution in [-0.2, 0) is 6.54 Å². The van der Waals surface area contributed by atoms with Crippen molar-refractivity contribution in [2.45, 2.75) is 13.0 Å². The normalized spacial score (nSPS) is 10.7. The van der Waals surface area contributed by atoms with Crippen molar-refractivity contribution in [3.8, 4) is 0 Å². The van der Waals surface area contributed by atoms with Crippen LogP contribution in [0.3, 0.4) is 0 Å². The van der Waals surface area contributed by atoms with Gasteiger partial charge in [0.15, 0.2) is 0 Å². The predicted molar refractivity (Wildman–Crippen MR) is 49.1 cm³/mol. The molecular formula is C8H7ClF2N2O2. The van der Waals surface area contributed by atoms with Crippen LogP contribution in [0.2, 0.25) is 5.02 Å². The zero-order valence-electron chi connectivity index (χ0n) is 7.38. The van der Waals surface area contributed by atoms with Crippen LogP contribution in [0.4, 0.5) is 8.78 Å². The minimum Gasteiger partial charge on any atom is -0.478 e. The van der Waals surface area contributed by atoms with E-state index >= 15 is 0 Å². The molecule has 0 spiro atoms. The highest BCUT2D eigenvalue weighted by Crippen LogP contribution is 2.25. The molecule has 1 aromatic heterocycles. The molecule has 1 heterocycles. The fourth-order valence-electron chi connectivity index (χ4n) is 1.07. The van der Waals surface area contributed by atoms with Gasteiger partial charge in [0.2, 0.25) is 0 Å². The predicted octanol–water partition coefficient (Wildman–Crippen LogP) is 1.83. The van der Waals surface area contributed by atoms with Gasteiger partial charge in [-0.2, -0.15) is 0 Å². The summed E-state index contributed by atoms with van der Waals surface area (Å²) in [6.45, 7) is -0.262. The first-order valence-electron chi connectivity index (χ1n) is 3.88. The SMILES string of the molecule is NCc1nc(C(F)F)cc(Cl)c1C(=O)O. The van der Waals surface area contributed by atoms with Gasteiger partial charge in [0.25, 0.3) is 6.43 Å². The molecule has 0 bridgehead atoms. The molecule has 0 saturated carbocycles. The highest BCUT2D eigenvalue weighted by Gasteiger charge is 2.19. The average molecular weight is 237 g/mol. The second-order valence-electron chi connectivity index (χ2n) is 2.66. The van der Waals surface area contributed by atoms with E-state index in [4.69, 9.17) is 22.4 Å². The summed E-state index contributed by atoms with van der Waals surface area (Å²) < 4.78 is 24.6. The number of carboxylic acids is 1. The molecule has 82 valence electrons. The van der Waals surface area contributed by atoms with Crippen molar-refractivity contribution in [1.82, 2.24) is 4.98 Å². The number of aromatic carboxylic acids is 1. The number of rotatable bonds is 3. The molecule has 1 rings (SSSR count). The molecule has 0 aromatic carbocycles. The Hall–Kier alpha value is -1.27. The van der Waals surface area contributed by atoms with Gasteiger partial charge in [0, 0.05) is 6.54 Å². The zero-order valence-corrected chi connectivity index (χ0v) is 8.13. The summed E-state index contributed by atoms with van der Waals surface area (Å²) in [5.74, 6) is -1.34. The number of aromatic nitrogens is 1. The lowest BCUT2D eigenvalue weighted by molar-refractivity contribution is 0.0694. The molecule has 7 heteroatoms. The third-order valence-electron chi connectivity index (χ3n) is 1.70. The maximum absolute atomic E-state index is 12.3. The quantitative estimate of drug-likeness (QED) is 0.839. The smallest absolute Gasteiger partial charge is 0.339 e. The molecule has 15 heavy (non-hydrogen) atoms. The van der Waals surface area contributed by atoms with E-state index in [1.54, 1.807) is 0 Å². The molecule has 0 aliphatic carbocycles. The van der Waals surface area contributed by atoms with Crippen molar-refractivity contribution in [1.29, 1.82) is 0 Å². The standard InChI is InChI=1S/C8H7ClF2N2O2/c9-3-1-4(7(10)11)13-5(2-12)6(3)8(14)15/h1,7H,2,12H2,(H,14,15). The van der Waals surface area contributed by atoms with Gasteiger partial charge in [-0.25, -0.2) is 18.6 Å². The van der Waals surface area contributed by atoms with E-state index in [2.05, 4.69) is 4.98 Å². The van der Waals surface area contributed by atoms with Crippen molar-refractivity contribution in [2.75, 3.05) is 0 Å². The highest BCUT2D eigenvalue weighted by atomic mass is 35.5. The van der Waals surface area contributed by atoms with E-state index in [1.807, 2.05) is 0 Å². The second kappa shape index (κ2) is 4.50. The number of alkyl halides is 2. The summed E-state index contributed by atoms with van der Waals surface area (Å²) in [4.78, 5) is 14.1. The van der Waals surface area contributed by atoms with Gasteiger partial charge >= 0.3 is 5.97 Å². The molecular weight excluding hydrogens is 230 g/mol. The number of halogens is 3. The van der Waals surface area contributed by atoms with Gasteiger partial charge in [-0.05, 0) is 6.07 Å². The summed E-state index contributed by atoms with van der Waals surface area (Å²) in [7, 11) is 0. The van der Waals surface area contributed by atoms with Crippen molar-refractivity contribution in [3.63, 3.8) is 0 Å². The number of nitrogens with two attached hydrogens (primary N) is 1. The summed E-state index contributed by atoms with van der Waals surface area (Å²) in [6.07, 6.45) is -2.81. The third-order valence-corrected chi connectivity index (χ3v) is 1.99. The molecule has 4 nitrogen and oxygen atoms in total. The van der Waals surface area contributed by atoms with Crippen LogP contribution in [0.15, 0.2) is 6.07 Å². The maximum Gasteiger partial charge on any atom is 0.339 e. The molecule has 0 radical (unpaired) electrons. The van der Waals surface area contributed by atoms with Crippen LogP contribution in [-0.4, -0.2) is 16.1 Å². The van der Waals surface area contributed by atoms with Crippen molar-refractivity contribution in [3.05, 3.63) is 28.0 Å². The fraction of sp³-hybridized carbons (Fsp3) is 0.250. The van der Waals surface area contributed by atoms with Crippen LogP contribution in [0, 0.1) is 0 Å². The first-order chi connectivity index (χ1) is 6.97. The lowest BCUT2D eigenvalue weighted by atomic mass is 10.1. The van der Waals surface area contributed by atoms with Gasteiger partial charge < -0.3 is 10.8 Å². The maximum atomic E-state index is 12.3. The van der Waals surface area contributed by atoms with Crippen LogP contribution in [0.25, 0.3) is 0 Å². The Kier molecular flexibility index (Phi) is 3.54. The lowest BCUT2D eigenvalue weighted by Gasteiger charge is -2.07. The van der Waals surface area contributed by atoms with Gasteiger partial charge in [-0.15, -0.1) is 0 Å². The number of nitrogens with zero attached hydrogens (tertiary/aromatic N) is 1. The van der Waals surface area contributed by atoms with E-state index in [1.165, 1.54) is 0 Å². The Morgan fingerprint density at radius 3 is 2.67 bits per heavy atom. The second-order valence-corrected chi connectivity index (χ2v) is 3.07. The molecule has 0 saturated heterocycles. The minimum atomic E-state index is -2.81. The topological polar surface area (TPSA) is 76.2 Å². The first-order valence-corrected chi connectivity index (χ1v) is 4.26. The molecule has 0 aliphatic heterocycles.